The molecular formula is C20H25N5. The number of para-hydroxylation sites is 2. The van der Waals surface area contributed by atoms with Crippen molar-refractivity contribution < 1.29 is 0 Å². The summed E-state index contributed by atoms with van der Waals surface area (Å²) in [6, 6.07) is 8.80. The van der Waals surface area contributed by atoms with Crippen molar-refractivity contribution in [3.05, 3.63) is 47.3 Å². The van der Waals surface area contributed by atoms with Gasteiger partial charge < -0.3 is 9.55 Å². The van der Waals surface area contributed by atoms with Crippen LogP contribution in [0.2, 0.25) is 0 Å². The molecule has 5 rings (SSSR count). The maximum Gasteiger partial charge on any atom is 0.124 e. The number of hydrogen-bond acceptors (Lipinski definition) is 3. The molecule has 5 nitrogen and oxygen atoms in total. The quantitative estimate of drug-likeness (QED) is 0.797. The Morgan fingerprint density at radius 1 is 1.12 bits per heavy atom. The van der Waals surface area contributed by atoms with Gasteiger partial charge in [0.15, 0.2) is 0 Å². The van der Waals surface area contributed by atoms with E-state index in [2.05, 4.69) is 45.8 Å². The minimum Gasteiger partial charge on any atom is -0.344 e. The Morgan fingerprint density at radius 3 is 2.88 bits per heavy atom. The molecule has 0 bridgehead atoms. The number of nitrogens with zero attached hydrogens (tertiary/aromatic N) is 4. The molecule has 2 aliphatic rings. The van der Waals surface area contributed by atoms with Crippen molar-refractivity contribution in [2.75, 3.05) is 6.54 Å². The summed E-state index contributed by atoms with van der Waals surface area (Å²) in [6.07, 6.45) is 7.31. The molecule has 1 aliphatic carbocycles. The second-order valence-corrected chi connectivity index (χ2v) is 7.46. The summed E-state index contributed by atoms with van der Waals surface area (Å²) < 4.78 is 2.23. The molecule has 0 spiro atoms. The number of fused-ring (bicyclic) bond motifs is 2. The average Bonchev–Trinajstić information content (AvgIpc) is 3.33. The highest BCUT2D eigenvalue weighted by Gasteiger charge is 2.30. The van der Waals surface area contributed by atoms with E-state index in [0.717, 1.165) is 30.9 Å². The van der Waals surface area contributed by atoms with Crippen LogP contribution in [-0.2, 0) is 26.4 Å². The number of aryl methyl sites for hydroxylation is 3. The van der Waals surface area contributed by atoms with Gasteiger partial charge >= 0.3 is 0 Å². The Labute approximate surface area is 148 Å². The van der Waals surface area contributed by atoms with Crippen molar-refractivity contribution in [3.8, 4) is 0 Å². The second-order valence-electron chi connectivity index (χ2n) is 7.46. The molecule has 3 heterocycles. The van der Waals surface area contributed by atoms with E-state index in [4.69, 9.17) is 9.97 Å². The van der Waals surface area contributed by atoms with E-state index in [0.29, 0.717) is 6.04 Å². The van der Waals surface area contributed by atoms with Crippen molar-refractivity contribution >= 4 is 11.0 Å². The fourth-order valence-electron chi connectivity index (χ4n) is 4.48. The average molecular weight is 335 g/mol. The summed E-state index contributed by atoms with van der Waals surface area (Å²) in [4.78, 5) is 16.0. The minimum atomic E-state index is 0.408. The number of rotatable bonds is 3. The Balaban J connectivity index is 1.42. The van der Waals surface area contributed by atoms with E-state index in [9.17, 15) is 0 Å². The van der Waals surface area contributed by atoms with Crippen molar-refractivity contribution in [2.24, 2.45) is 7.05 Å². The third-order valence-corrected chi connectivity index (χ3v) is 5.88. The SMILES string of the molecule is Cn1c(CN2CCCC2c2nc3c([nH]2)CCCC3)nc2ccccc21. The van der Waals surface area contributed by atoms with Gasteiger partial charge in [-0.3, -0.25) is 4.90 Å². The Morgan fingerprint density at radius 2 is 2.00 bits per heavy atom. The standard InChI is InChI=1S/C20H25N5/c1-24-17-10-5-4-9-16(17)21-19(24)13-25-12-6-11-18(25)20-22-14-7-2-3-8-15(14)23-20/h4-5,9-10,18H,2-3,6-8,11-13H2,1H3,(H,22,23). The summed E-state index contributed by atoms with van der Waals surface area (Å²) in [7, 11) is 2.13. The normalized spacial score (nSPS) is 21.1. The molecular weight excluding hydrogens is 310 g/mol. The van der Waals surface area contributed by atoms with Crippen LogP contribution in [0.5, 0.6) is 0 Å². The number of H-pyrrole nitrogens is 1. The molecule has 5 heteroatoms. The molecule has 1 unspecified atom stereocenters. The molecule has 1 N–H and O–H groups in total. The predicted molar refractivity (Wildman–Crippen MR) is 98.3 cm³/mol. The number of hydrogen-bond donors (Lipinski definition) is 1. The van der Waals surface area contributed by atoms with E-state index in [1.807, 2.05) is 0 Å². The number of imidazole rings is 2. The van der Waals surface area contributed by atoms with Gasteiger partial charge in [0.2, 0.25) is 0 Å². The monoisotopic (exact) mass is 335 g/mol. The summed E-state index contributed by atoms with van der Waals surface area (Å²) in [5.74, 6) is 2.33. The first-order chi connectivity index (χ1) is 12.3. The number of benzene rings is 1. The molecule has 3 aromatic rings. The van der Waals surface area contributed by atoms with Crippen LogP contribution in [0.3, 0.4) is 0 Å². The molecule has 2 aromatic heterocycles. The highest BCUT2D eigenvalue weighted by atomic mass is 15.2. The number of nitrogens with one attached hydrogen (secondary N) is 1. The zero-order chi connectivity index (χ0) is 16.8. The molecule has 1 aromatic carbocycles. The fourth-order valence-corrected chi connectivity index (χ4v) is 4.48. The maximum atomic E-state index is 4.97. The first kappa shape index (κ1) is 15.1. The van der Waals surface area contributed by atoms with Gasteiger partial charge in [-0.2, -0.15) is 0 Å². The molecule has 1 aliphatic heterocycles. The molecule has 0 amide bonds. The van der Waals surface area contributed by atoms with Gasteiger partial charge in [0.25, 0.3) is 0 Å². The van der Waals surface area contributed by atoms with Crippen molar-refractivity contribution in [1.29, 1.82) is 0 Å². The Hall–Kier alpha value is -2.14. The van der Waals surface area contributed by atoms with Gasteiger partial charge in [0.05, 0.1) is 29.3 Å². The van der Waals surface area contributed by atoms with E-state index in [-0.39, 0.29) is 0 Å². The number of likely N-dealkylation sites (tertiary alicyclic amines) is 1. The predicted octanol–water partition coefficient (Wildman–Crippen LogP) is 3.51. The lowest BCUT2D eigenvalue weighted by Crippen LogP contribution is -2.25. The lowest BCUT2D eigenvalue weighted by Gasteiger charge is -2.22. The number of aromatic nitrogens is 4. The highest BCUT2D eigenvalue weighted by Crippen LogP contribution is 2.33. The van der Waals surface area contributed by atoms with E-state index >= 15 is 0 Å². The van der Waals surface area contributed by atoms with Crippen LogP contribution < -0.4 is 0 Å². The Bertz CT molecular complexity index is 883. The number of aromatic amines is 1. The van der Waals surface area contributed by atoms with Crippen molar-refractivity contribution in [1.82, 2.24) is 24.4 Å². The van der Waals surface area contributed by atoms with E-state index < -0.39 is 0 Å². The van der Waals surface area contributed by atoms with Crippen molar-refractivity contribution in [3.63, 3.8) is 0 Å². The van der Waals surface area contributed by atoms with Crippen LogP contribution in [0.1, 0.15) is 54.8 Å². The minimum absolute atomic E-state index is 0.408. The van der Waals surface area contributed by atoms with Gasteiger partial charge in [-0.15, -0.1) is 0 Å². The van der Waals surface area contributed by atoms with Crippen molar-refractivity contribution in [2.45, 2.75) is 51.1 Å². The summed E-state index contributed by atoms with van der Waals surface area (Å²) >= 11 is 0. The molecule has 1 saturated heterocycles. The van der Waals surface area contributed by atoms with Gasteiger partial charge in [-0.1, -0.05) is 12.1 Å². The van der Waals surface area contributed by atoms with Crippen LogP contribution in [0.25, 0.3) is 11.0 Å². The highest BCUT2D eigenvalue weighted by molar-refractivity contribution is 5.75. The van der Waals surface area contributed by atoms with E-state index in [1.165, 1.54) is 54.8 Å². The summed E-state index contributed by atoms with van der Waals surface area (Å²) in [6.45, 7) is 2.01. The van der Waals surface area contributed by atoms with Gasteiger partial charge in [0.1, 0.15) is 11.6 Å². The zero-order valence-electron chi connectivity index (χ0n) is 14.8. The molecule has 1 fully saturated rings. The van der Waals surface area contributed by atoms with Crippen LogP contribution in [0.15, 0.2) is 24.3 Å². The van der Waals surface area contributed by atoms with Crippen LogP contribution >= 0.6 is 0 Å². The maximum absolute atomic E-state index is 4.97. The van der Waals surface area contributed by atoms with E-state index in [1.54, 1.807) is 0 Å². The van der Waals surface area contributed by atoms with Gasteiger partial charge in [-0.05, 0) is 57.2 Å². The Kier molecular flexibility index (Phi) is 3.63. The fraction of sp³-hybridized carbons (Fsp3) is 0.500. The lowest BCUT2D eigenvalue weighted by atomic mass is 10.0. The molecule has 25 heavy (non-hydrogen) atoms. The van der Waals surface area contributed by atoms with Gasteiger partial charge in [-0.25, -0.2) is 9.97 Å². The summed E-state index contributed by atoms with van der Waals surface area (Å²) in [5.41, 5.74) is 5.00. The first-order valence-corrected chi connectivity index (χ1v) is 9.51. The summed E-state index contributed by atoms with van der Waals surface area (Å²) in [5, 5.41) is 0. The largest absolute Gasteiger partial charge is 0.344 e. The van der Waals surface area contributed by atoms with Crippen LogP contribution in [0.4, 0.5) is 0 Å². The molecule has 0 saturated carbocycles. The molecule has 130 valence electrons. The topological polar surface area (TPSA) is 49.7 Å². The lowest BCUT2D eigenvalue weighted by molar-refractivity contribution is 0.233. The smallest absolute Gasteiger partial charge is 0.124 e. The van der Waals surface area contributed by atoms with Crippen LogP contribution in [0, 0.1) is 0 Å². The van der Waals surface area contributed by atoms with Crippen LogP contribution in [-0.4, -0.2) is 31.0 Å². The second kappa shape index (κ2) is 5.99. The first-order valence-electron chi connectivity index (χ1n) is 9.51. The van der Waals surface area contributed by atoms with Gasteiger partial charge in [0, 0.05) is 12.7 Å². The zero-order valence-corrected chi connectivity index (χ0v) is 14.8. The third-order valence-electron chi connectivity index (χ3n) is 5.88. The molecule has 1 atom stereocenters. The third kappa shape index (κ3) is 2.58. The molecule has 0 radical (unpaired) electrons.